The van der Waals surface area contributed by atoms with Crippen molar-refractivity contribution < 1.29 is 4.58 Å². The SMILES string of the molecule is C.C.CC.CC=CC=[N+](C)c1ccccc1.II. The Hall–Kier alpha value is 0.0900. The predicted molar refractivity (Wildman–Crippen MR) is 106 cm³/mol. The number of halogens is 2. The van der Waals surface area contributed by atoms with Gasteiger partial charge in [-0.2, -0.15) is 0 Å². The highest BCUT2D eigenvalue weighted by atomic mass is 128. The Kier molecular flexibility index (Phi) is 33.0. The summed E-state index contributed by atoms with van der Waals surface area (Å²) in [4.78, 5) is 0. The van der Waals surface area contributed by atoms with E-state index in [0.717, 1.165) is 0 Å². The van der Waals surface area contributed by atoms with Crippen LogP contribution in [0.1, 0.15) is 35.6 Å². The van der Waals surface area contributed by atoms with Crippen LogP contribution in [0.25, 0.3) is 0 Å². The van der Waals surface area contributed by atoms with E-state index in [-0.39, 0.29) is 14.9 Å². The molecule has 0 radical (unpaired) electrons. The first-order valence-electron chi connectivity index (χ1n) is 5.23. The average Bonchev–Trinajstić information content (AvgIpc) is 2.41. The third-order valence-corrected chi connectivity index (χ3v) is 1.67. The van der Waals surface area contributed by atoms with Crippen molar-refractivity contribution in [3.05, 3.63) is 42.5 Å². The molecule has 1 nitrogen and oxygen atoms in total. The van der Waals surface area contributed by atoms with Crippen LogP contribution in [0.5, 0.6) is 0 Å². The summed E-state index contributed by atoms with van der Waals surface area (Å²) in [7, 11) is 2.04. The van der Waals surface area contributed by atoms with Gasteiger partial charge in [-0.1, -0.05) is 53.0 Å². The van der Waals surface area contributed by atoms with Gasteiger partial charge in [-0.15, -0.1) is 0 Å². The summed E-state index contributed by atoms with van der Waals surface area (Å²) in [5.41, 5.74) is 1.20. The van der Waals surface area contributed by atoms with E-state index in [1.807, 2.05) is 64.4 Å². The molecule has 0 amide bonds. The summed E-state index contributed by atoms with van der Waals surface area (Å²) in [6.07, 6.45) is 6.07. The van der Waals surface area contributed by atoms with Gasteiger partial charge in [-0.3, -0.25) is 0 Å². The zero-order valence-electron chi connectivity index (χ0n) is 10.3. The molecule has 0 heterocycles. The Labute approximate surface area is 138 Å². The van der Waals surface area contributed by atoms with Crippen molar-refractivity contribution >= 4 is 49.1 Å². The van der Waals surface area contributed by atoms with Crippen molar-refractivity contribution in [3.63, 3.8) is 0 Å². The molecule has 0 aromatic heterocycles. The molecule has 0 unspecified atom stereocenters. The van der Waals surface area contributed by atoms with E-state index in [2.05, 4.69) is 53.9 Å². The second-order valence-electron chi connectivity index (χ2n) is 2.62. The van der Waals surface area contributed by atoms with Crippen molar-refractivity contribution in [1.82, 2.24) is 0 Å². The number of hydrogen-bond acceptors (Lipinski definition) is 0. The molecule has 0 atom stereocenters. The number of nitrogens with zero attached hydrogens (tertiary/aromatic N) is 1. The number of hydrogen-bond donors (Lipinski definition) is 0. The van der Waals surface area contributed by atoms with E-state index >= 15 is 0 Å². The van der Waals surface area contributed by atoms with Crippen molar-refractivity contribution in [2.75, 3.05) is 7.05 Å². The Bertz CT molecular complexity index is 293. The monoisotopic (exact) mass is 476 g/mol. The molecule has 0 aliphatic heterocycles. The van der Waals surface area contributed by atoms with Crippen LogP contribution in [0.15, 0.2) is 42.5 Å². The smallest absolute Gasteiger partial charge is 0.202 e. The summed E-state index contributed by atoms with van der Waals surface area (Å²) in [6, 6.07) is 10.3. The van der Waals surface area contributed by atoms with Gasteiger partial charge in [-0.25, -0.2) is 4.58 Å². The molecule has 18 heavy (non-hydrogen) atoms. The molecule has 0 bridgehead atoms. The summed E-state index contributed by atoms with van der Waals surface area (Å²) in [5.74, 6) is 0. The third kappa shape index (κ3) is 14.2. The molecule has 0 aliphatic rings. The maximum Gasteiger partial charge on any atom is 0.204 e. The largest absolute Gasteiger partial charge is 0.204 e. The van der Waals surface area contributed by atoms with Crippen LogP contribution >= 0.6 is 37.2 Å². The molecule has 0 saturated carbocycles. The summed E-state index contributed by atoms with van der Waals surface area (Å²) in [6.45, 7) is 6.01. The lowest BCUT2D eigenvalue weighted by Gasteiger charge is -1.92. The van der Waals surface area contributed by atoms with Gasteiger partial charge in [0.05, 0.1) is 0 Å². The van der Waals surface area contributed by atoms with Crippen LogP contribution in [0.3, 0.4) is 0 Å². The normalized spacial score (nSPS) is 8.89. The molecule has 1 rings (SSSR count). The van der Waals surface area contributed by atoms with Gasteiger partial charge < -0.3 is 0 Å². The van der Waals surface area contributed by atoms with Crippen LogP contribution < -0.4 is 0 Å². The Balaban J connectivity index is -0.000000149. The first-order chi connectivity index (χ1) is 7.84. The lowest BCUT2D eigenvalue weighted by Crippen LogP contribution is -1.96. The van der Waals surface area contributed by atoms with Gasteiger partial charge in [0.1, 0.15) is 7.05 Å². The van der Waals surface area contributed by atoms with Gasteiger partial charge in [0.15, 0.2) is 6.21 Å². The van der Waals surface area contributed by atoms with Gasteiger partial charge in [0.2, 0.25) is 5.69 Å². The van der Waals surface area contributed by atoms with Crippen LogP contribution in [0.2, 0.25) is 0 Å². The van der Waals surface area contributed by atoms with Crippen LogP contribution in [-0.4, -0.2) is 17.8 Å². The fourth-order valence-corrected chi connectivity index (χ4v) is 0.964. The molecular weight excluding hydrogens is 448 g/mol. The summed E-state index contributed by atoms with van der Waals surface area (Å²) < 4.78 is 2.08. The maximum absolute atomic E-state index is 2.12. The molecule has 106 valence electrons. The summed E-state index contributed by atoms with van der Waals surface area (Å²) >= 11 is 4.24. The molecule has 0 N–H and O–H groups in total. The molecule has 0 fully saturated rings. The predicted octanol–water partition coefficient (Wildman–Crippen LogP) is 6.68. The van der Waals surface area contributed by atoms with Crippen molar-refractivity contribution in [3.8, 4) is 0 Å². The number of allylic oxidation sites excluding steroid dienone is 2. The van der Waals surface area contributed by atoms with Crippen LogP contribution in [0.4, 0.5) is 5.69 Å². The van der Waals surface area contributed by atoms with E-state index in [1.54, 1.807) is 0 Å². The Morgan fingerprint density at radius 3 is 1.83 bits per heavy atom. The minimum atomic E-state index is 0. The quantitative estimate of drug-likeness (QED) is 0.255. The van der Waals surface area contributed by atoms with Gasteiger partial charge in [0, 0.05) is 49.4 Å². The molecular formula is C15H28I2N+. The van der Waals surface area contributed by atoms with Crippen molar-refractivity contribution in [2.45, 2.75) is 35.6 Å². The van der Waals surface area contributed by atoms with E-state index in [9.17, 15) is 0 Å². The average molecular weight is 476 g/mol. The van der Waals surface area contributed by atoms with E-state index in [4.69, 9.17) is 0 Å². The number of rotatable bonds is 2. The first kappa shape index (κ1) is 26.6. The molecule has 3 heteroatoms. The topological polar surface area (TPSA) is 3.01 Å². The number of para-hydroxylation sites is 1. The van der Waals surface area contributed by atoms with Crippen molar-refractivity contribution in [2.24, 2.45) is 0 Å². The Morgan fingerprint density at radius 2 is 1.44 bits per heavy atom. The maximum atomic E-state index is 2.12. The van der Waals surface area contributed by atoms with Gasteiger partial charge >= 0.3 is 0 Å². The van der Waals surface area contributed by atoms with Crippen LogP contribution in [-0.2, 0) is 0 Å². The summed E-state index contributed by atoms with van der Waals surface area (Å²) in [5, 5.41) is 0. The second-order valence-corrected chi connectivity index (χ2v) is 2.62. The van der Waals surface area contributed by atoms with E-state index in [1.165, 1.54) is 5.69 Å². The highest BCUT2D eigenvalue weighted by Crippen LogP contribution is 2.06. The van der Waals surface area contributed by atoms with Crippen molar-refractivity contribution in [1.29, 1.82) is 0 Å². The minimum absolute atomic E-state index is 0. The van der Waals surface area contributed by atoms with E-state index in [0.29, 0.717) is 0 Å². The van der Waals surface area contributed by atoms with Crippen LogP contribution in [0, 0.1) is 0 Å². The zero-order chi connectivity index (χ0) is 12.8. The van der Waals surface area contributed by atoms with E-state index < -0.39 is 0 Å². The molecule has 0 aliphatic carbocycles. The Morgan fingerprint density at radius 1 is 1.00 bits per heavy atom. The zero-order valence-corrected chi connectivity index (χ0v) is 14.6. The third-order valence-electron chi connectivity index (χ3n) is 1.67. The highest BCUT2D eigenvalue weighted by Gasteiger charge is 1.97. The van der Waals surface area contributed by atoms with Gasteiger partial charge in [0.25, 0.3) is 0 Å². The highest BCUT2D eigenvalue weighted by molar-refractivity contribution is 15.0. The fourth-order valence-electron chi connectivity index (χ4n) is 0.964. The lowest BCUT2D eigenvalue weighted by atomic mass is 10.3. The second kappa shape index (κ2) is 22.3. The van der Waals surface area contributed by atoms with Gasteiger partial charge in [-0.05, 0) is 13.0 Å². The number of benzene rings is 1. The standard InChI is InChI=1S/C11H14N.C2H6.2CH4.I2/c1-3-4-10-12(2)11-8-6-5-7-9-11;1-2;;;1-2/h3-10H,1-2H3;1-2H3;2*1H4;/q+1;;;;. The fraction of sp³-hybridized carbons (Fsp3) is 0.400. The molecule has 0 spiro atoms. The molecule has 0 saturated heterocycles. The lowest BCUT2D eigenvalue weighted by molar-refractivity contribution is -0.398. The minimum Gasteiger partial charge on any atom is -0.202 e. The first-order valence-corrected chi connectivity index (χ1v) is 11.5. The molecule has 1 aromatic rings. The molecule has 1 aromatic carbocycles.